The lowest BCUT2D eigenvalue weighted by molar-refractivity contribution is -0.908. The minimum absolute atomic E-state index is 0.640. The van der Waals surface area contributed by atoms with Crippen molar-refractivity contribution in [3.8, 4) is 0 Å². The number of aryl methyl sites for hydroxylation is 1. The molecule has 27 heavy (non-hydrogen) atoms. The molecule has 2 heterocycles. The number of thiocarbonyl (C=S) groups is 1. The molecule has 146 valence electrons. The zero-order valence-electron chi connectivity index (χ0n) is 15.7. The third kappa shape index (κ3) is 6.21. The van der Waals surface area contributed by atoms with E-state index in [-0.39, 0.29) is 0 Å². The van der Waals surface area contributed by atoms with Crippen molar-refractivity contribution >= 4 is 34.6 Å². The second-order valence-electron chi connectivity index (χ2n) is 6.88. The van der Waals surface area contributed by atoms with Gasteiger partial charge in [-0.05, 0) is 49.0 Å². The molecule has 0 amide bonds. The fourth-order valence-corrected chi connectivity index (χ4v) is 3.63. The molecule has 1 aliphatic rings. The van der Waals surface area contributed by atoms with Crippen LogP contribution in [0.25, 0.3) is 0 Å². The van der Waals surface area contributed by atoms with Gasteiger partial charge in [-0.3, -0.25) is 0 Å². The van der Waals surface area contributed by atoms with E-state index in [0.717, 1.165) is 62.8 Å². The van der Waals surface area contributed by atoms with E-state index in [2.05, 4.69) is 10.2 Å². The molecule has 2 N–H and O–H groups in total. The van der Waals surface area contributed by atoms with Gasteiger partial charge in [0.15, 0.2) is 5.11 Å². The standard InChI is InChI=1S/C20H26ClN3O2S/c1-16-5-6-18(21)19(14-16)22-20(27)24(15-17-4-2-11-26-17)8-3-7-23-9-12-25-13-10-23/h2,4-6,11,14H,3,7-10,12-13,15H2,1H3,(H,22,27)/p+1. The Labute approximate surface area is 171 Å². The van der Waals surface area contributed by atoms with Gasteiger partial charge in [0, 0.05) is 13.0 Å². The highest BCUT2D eigenvalue weighted by Crippen LogP contribution is 2.23. The summed E-state index contributed by atoms with van der Waals surface area (Å²) in [7, 11) is 0. The molecule has 3 rings (SSSR count). The minimum Gasteiger partial charge on any atom is -0.467 e. The third-order valence-corrected chi connectivity index (χ3v) is 5.43. The molecule has 0 atom stereocenters. The maximum absolute atomic E-state index is 6.32. The van der Waals surface area contributed by atoms with Gasteiger partial charge in [-0.15, -0.1) is 0 Å². The topological polar surface area (TPSA) is 42.1 Å². The van der Waals surface area contributed by atoms with E-state index in [1.807, 2.05) is 37.3 Å². The molecule has 7 heteroatoms. The number of nitrogens with zero attached hydrogens (tertiary/aromatic N) is 1. The summed E-state index contributed by atoms with van der Waals surface area (Å²) in [5, 5.41) is 4.64. The fourth-order valence-electron chi connectivity index (χ4n) is 3.20. The third-order valence-electron chi connectivity index (χ3n) is 4.74. The van der Waals surface area contributed by atoms with E-state index < -0.39 is 0 Å². The minimum atomic E-state index is 0.640. The summed E-state index contributed by atoms with van der Waals surface area (Å²) in [5.74, 6) is 0.896. The molecule has 5 nitrogen and oxygen atoms in total. The Bertz CT molecular complexity index is 733. The van der Waals surface area contributed by atoms with Crippen molar-refractivity contribution in [1.29, 1.82) is 0 Å². The average Bonchev–Trinajstić information content (AvgIpc) is 3.18. The number of rotatable bonds is 7. The molecule has 1 aromatic carbocycles. The number of ether oxygens (including phenoxy) is 1. The molecule has 1 fully saturated rings. The van der Waals surface area contributed by atoms with Gasteiger partial charge in [0.05, 0.1) is 43.3 Å². The van der Waals surface area contributed by atoms with Gasteiger partial charge >= 0.3 is 0 Å². The van der Waals surface area contributed by atoms with Crippen molar-refractivity contribution in [2.24, 2.45) is 0 Å². The van der Waals surface area contributed by atoms with Crippen LogP contribution in [0.5, 0.6) is 0 Å². The number of nitrogens with one attached hydrogen (secondary N) is 2. The summed E-state index contributed by atoms with van der Waals surface area (Å²) in [6.45, 7) is 8.54. The molecule has 1 aromatic heterocycles. The number of quaternary nitrogens is 1. The van der Waals surface area contributed by atoms with Gasteiger partial charge in [-0.1, -0.05) is 17.7 Å². The second-order valence-corrected chi connectivity index (χ2v) is 7.67. The quantitative estimate of drug-likeness (QED) is 0.689. The zero-order valence-corrected chi connectivity index (χ0v) is 17.2. The lowest BCUT2D eigenvalue weighted by Gasteiger charge is -2.28. The molecule has 0 aliphatic carbocycles. The largest absolute Gasteiger partial charge is 0.467 e. The molecule has 0 saturated carbocycles. The summed E-state index contributed by atoms with van der Waals surface area (Å²) in [5.41, 5.74) is 1.98. The van der Waals surface area contributed by atoms with E-state index in [1.165, 1.54) is 0 Å². The summed E-state index contributed by atoms with van der Waals surface area (Å²) in [6, 6.07) is 9.77. The van der Waals surface area contributed by atoms with Crippen LogP contribution >= 0.6 is 23.8 Å². The molecule has 1 aliphatic heterocycles. The molecule has 0 bridgehead atoms. The van der Waals surface area contributed by atoms with E-state index in [0.29, 0.717) is 16.7 Å². The molecular formula is C20H27ClN3O2S+. The van der Waals surface area contributed by atoms with Crippen LogP contribution in [-0.2, 0) is 11.3 Å². The van der Waals surface area contributed by atoms with Gasteiger partial charge in [0.2, 0.25) is 0 Å². The zero-order chi connectivity index (χ0) is 19.1. The summed E-state index contributed by atoms with van der Waals surface area (Å²) >= 11 is 12.0. The number of benzene rings is 1. The monoisotopic (exact) mass is 408 g/mol. The maximum Gasteiger partial charge on any atom is 0.173 e. The Kier molecular flexibility index (Phi) is 7.52. The average molecular weight is 409 g/mol. The van der Waals surface area contributed by atoms with E-state index >= 15 is 0 Å². The van der Waals surface area contributed by atoms with Gasteiger partial charge in [0.1, 0.15) is 18.8 Å². The Balaban J connectivity index is 1.61. The van der Waals surface area contributed by atoms with Gasteiger partial charge in [-0.2, -0.15) is 0 Å². The molecule has 2 aromatic rings. The molecule has 0 unspecified atom stereocenters. The van der Waals surface area contributed by atoms with Crippen molar-refractivity contribution in [3.05, 3.63) is 52.9 Å². The first-order chi connectivity index (χ1) is 13.1. The van der Waals surface area contributed by atoms with Crippen LogP contribution in [0.4, 0.5) is 5.69 Å². The van der Waals surface area contributed by atoms with Crippen LogP contribution in [-0.4, -0.2) is 49.4 Å². The predicted molar refractivity (Wildman–Crippen MR) is 113 cm³/mol. The van der Waals surface area contributed by atoms with Crippen LogP contribution in [0, 0.1) is 6.92 Å². The number of halogens is 1. The number of hydrogen-bond acceptors (Lipinski definition) is 3. The molecular weight excluding hydrogens is 382 g/mol. The lowest BCUT2D eigenvalue weighted by atomic mass is 10.2. The van der Waals surface area contributed by atoms with Crippen molar-refractivity contribution in [2.75, 3.05) is 44.7 Å². The predicted octanol–water partition coefficient (Wildman–Crippen LogP) is 2.75. The van der Waals surface area contributed by atoms with Crippen molar-refractivity contribution in [2.45, 2.75) is 19.9 Å². The van der Waals surface area contributed by atoms with Gasteiger partial charge in [0.25, 0.3) is 0 Å². The summed E-state index contributed by atoms with van der Waals surface area (Å²) in [4.78, 5) is 3.74. The number of anilines is 1. The van der Waals surface area contributed by atoms with Crippen molar-refractivity contribution < 1.29 is 14.1 Å². The smallest absolute Gasteiger partial charge is 0.173 e. The van der Waals surface area contributed by atoms with E-state index in [4.69, 9.17) is 33.0 Å². The highest BCUT2D eigenvalue weighted by atomic mass is 35.5. The number of furan rings is 1. The van der Waals surface area contributed by atoms with Crippen molar-refractivity contribution in [3.63, 3.8) is 0 Å². The number of morpholine rings is 1. The second kappa shape index (κ2) is 10.1. The first-order valence-corrected chi connectivity index (χ1v) is 10.2. The summed E-state index contributed by atoms with van der Waals surface area (Å²) in [6.07, 6.45) is 2.75. The highest BCUT2D eigenvalue weighted by Gasteiger charge is 2.17. The SMILES string of the molecule is Cc1ccc(Cl)c(NC(=S)N(CCC[NH+]2CCOCC2)Cc2ccco2)c1. The fraction of sp³-hybridized carbons (Fsp3) is 0.450. The maximum atomic E-state index is 6.32. The first-order valence-electron chi connectivity index (χ1n) is 9.37. The van der Waals surface area contributed by atoms with Crippen molar-refractivity contribution in [1.82, 2.24) is 4.90 Å². The number of hydrogen-bond donors (Lipinski definition) is 2. The van der Waals surface area contributed by atoms with Gasteiger partial charge in [-0.25, -0.2) is 0 Å². The molecule has 1 saturated heterocycles. The van der Waals surface area contributed by atoms with Crippen LogP contribution < -0.4 is 10.2 Å². The van der Waals surface area contributed by atoms with E-state index in [9.17, 15) is 0 Å². The van der Waals surface area contributed by atoms with Crippen LogP contribution in [0.3, 0.4) is 0 Å². The Hall–Kier alpha value is -1.60. The highest BCUT2D eigenvalue weighted by molar-refractivity contribution is 7.80. The van der Waals surface area contributed by atoms with Gasteiger partial charge < -0.3 is 24.3 Å². The van der Waals surface area contributed by atoms with Crippen LogP contribution in [0.15, 0.2) is 41.0 Å². The normalized spacial score (nSPS) is 14.9. The van der Waals surface area contributed by atoms with Crippen LogP contribution in [0.2, 0.25) is 5.02 Å². The Morgan fingerprint density at radius 2 is 2.11 bits per heavy atom. The molecule has 0 radical (unpaired) electrons. The lowest BCUT2D eigenvalue weighted by Crippen LogP contribution is -3.14. The molecule has 0 spiro atoms. The van der Waals surface area contributed by atoms with Crippen LogP contribution in [0.1, 0.15) is 17.7 Å². The van der Waals surface area contributed by atoms with E-state index in [1.54, 1.807) is 11.2 Å². The Morgan fingerprint density at radius 1 is 1.30 bits per heavy atom. The summed E-state index contributed by atoms with van der Waals surface area (Å²) < 4.78 is 11.0. The Morgan fingerprint density at radius 3 is 2.85 bits per heavy atom. The first kappa shape index (κ1) is 20.1.